The lowest BCUT2D eigenvalue weighted by Crippen LogP contribution is -2.40. The van der Waals surface area contributed by atoms with Gasteiger partial charge in [-0.25, -0.2) is 13.6 Å². The van der Waals surface area contributed by atoms with Crippen molar-refractivity contribution in [2.24, 2.45) is 5.92 Å². The molecular weight excluding hydrogens is 308 g/mol. The van der Waals surface area contributed by atoms with Gasteiger partial charge in [0.15, 0.2) is 0 Å². The van der Waals surface area contributed by atoms with Gasteiger partial charge in [0.1, 0.15) is 17.7 Å². The predicted octanol–water partition coefficient (Wildman–Crippen LogP) is 1.28. The Labute approximate surface area is 132 Å². The number of carbonyl (C=O) groups is 2. The second-order valence-electron chi connectivity index (χ2n) is 5.83. The molecule has 1 aromatic rings. The topological polar surface area (TPSA) is 61.9 Å². The summed E-state index contributed by atoms with van der Waals surface area (Å²) in [5, 5.41) is 2.48. The molecule has 0 aliphatic carbocycles. The van der Waals surface area contributed by atoms with E-state index in [1.165, 1.54) is 12.0 Å². The Morgan fingerprint density at radius 2 is 1.91 bits per heavy atom. The number of urea groups is 1. The number of ether oxygens (including phenoxy) is 1. The molecule has 1 N–H and O–H groups in total. The second kappa shape index (κ2) is 5.77. The number of methoxy groups -OCH3 is 1. The lowest BCUT2D eigenvalue weighted by atomic mass is 10.0. The molecule has 8 heteroatoms. The first kappa shape index (κ1) is 15.7. The Morgan fingerprint density at radius 1 is 1.26 bits per heavy atom. The van der Waals surface area contributed by atoms with Crippen LogP contribution in [0.1, 0.15) is 0 Å². The van der Waals surface area contributed by atoms with E-state index in [1.807, 2.05) is 0 Å². The minimum Gasteiger partial charge on any atom is -0.371 e. The van der Waals surface area contributed by atoms with Crippen molar-refractivity contribution >= 4 is 17.6 Å². The molecule has 2 aliphatic heterocycles. The van der Waals surface area contributed by atoms with Crippen molar-refractivity contribution in [1.82, 2.24) is 9.80 Å². The van der Waals surface area contributed by atoms with Gasteiger partial charge in [0.05, 0.1) is 6.04 Å². The Bertz CT molecular complexity index is 635. The molecule has 6 nitrogen and oxygen atoms in total. The smallest absolute Gasteiger partial charge is 0.321 e. The SMILES string of the molecule is CO[C@@H]1C(=O)N(C)[C@@H]2CN(C(=O)Nc3cc(F)cc(F)c3)C[C@H]12. The Morgan fingerprint density at radius 3 is 2.52 bits per heavy atom. The number of hydrogen-bond acceptors (Lipinski definition) is 3. The maximum Gasteiger partial charge on any atom is 0.321 e. The summed E-state index contributed by atoms with van der Waals surface area (Å²) in [5.74, 6) is -1.71. The van der Waals surface area contributed by atoms with Crippen LogP contribution in [-0.2, 0) is 9.53 Å². The molecule has 2 aliphatic rings. The average molecular weight is 325 g/mol. The van der Waals surface area contributed by atoms with Crippen LogP contribution in [-0.4, -0.2) is 61.1 Å². The van der Waals surface area contributed by atoms with Crippen LogP contribution in [0, 0.1) is 17.6 Å². The zero-order chi connectivity index (χ0) is 16.7. The third-order valence-corrected chi connectivity index (χ3v) is 4.47. The van der Waals surface area contributed by atoms with Gasteiger partial charge in [0.2, 0.25) is 0 Å². The molecule has 0 spiro atoms. The molecule has 3 amide bonds. The summed E-state index contributed by atoms with van der Waals surface area (Å²) in [5.41, 5.74) is 0.0530. The van der Waals surface area contributed by atoms with E-state index in [0.29, 0.717) is 13.1 Å². The van der Waals surface area contributed by atoms with Gasteiger partial charge in [0, 0.05) is 44.9 Å². The van der Waals surface area contributed by atoms with Crippen molar-refractivity contribution in [2.75, 3.05) is 32.6 Å². The molecule has 124 valence electrons. The quantitative estimate of drug-likeness (QED) is 0.891. The minimum atomic E-state index is -0.761. The summed E-state index contributed by atoms with van der Waals surface area (Å²) < 4.78 is 31.6. The highest BCUT2D eigenvalue weighted by molar-refractivity contribution is 5.90. The Balaban J connectivity index is 1.70. The van der Waals surface area contributed by atoms with Gasteiger partial charge in [0.25, 0.3) is 5.91 Å². The van der Waals surface area contributed by atoms with Crippen molar-refractivity contribution in [1.29, 1.82) is 0 Å². The molecule has 23 heavy (non-hydrogen) atoms. The van der Waals surface area contributed by atoms with Crippen LogP contribution >= 0.6 is 0 Å². The summed E-state index contributed by atoms with van der Waals surface area (Å²) in [6.07, 6.45) is -0.561. The zero-order valence-electron chi connectivity index (χ0n) is 12.8. The maximum absolute atomic E-state index is 13.2. The van der Waals surface area contributed by atoms with E-state index in [9.17, 15) is 18.4 Å². The largest absolute Gasteiger partial charge is 0.371 e. The van der Waals surface area contributed by atoms with E-state index in [4.69, 9.17) is 4.74 Å². The highest BCUT2D eigenvalue weighted by Gasteiger charge is 2.52. The number of nitrogens with one attached hydrogen (secondary N) is 1. The van der Waals surface area contributed by atoms with Crippen molar-refractivity contribution in [3.05, 3.63) is 29.8 Å². The summed E-state index contributed by atoms with van der Waals surface area (Å²) in [6.45, 7) is 0.708. The molecule has 0 unspecified atom stereocenters. The number of carbonyl (C=O) groups excluding carboxylic acids is 2. The van der Waals surface area contributed by atoms with Crippen LogP contribution in [0.25, 0.3) is 0 Å². The zero-order valence-corrected chi connectivity index (χ0v) is 12.8. The van der Waals surface area contributed by atoms with Crippen molar-refractivity contribution < 1.29 is 23.1 Å². The number of amides is 3. The molecule has 2 fully saturated rings. The molecule has 2 heterocycles. The van der Waals surface area contributed by atoms with E-state index in [-0.39, 0.29) is 23.6 Å². The third kappa shape index (κ3) is 2.74. The van der Waals surface area contributed by atoms with Crippen LogP contribution < -0.4 is 5.32 Å². The number of fused-ring (bicyclic) bond motifs is 1. The van der Waals surface area contributed by atoms with Crippen molar-refractivity contribution in [3.63, 3.8) is 0 Å². The highest BCUT2D eigenvalue weighted by Crippen LogP contribution is 2.33. The number of rotatable bonds is 2. The summed E-state index contributed by atoms with van der Waals surface area (Å²) in [6, 6.07) is 2.26. The van der Waals surface area contributed by atoms with Crippen LogP contribution in [0.3, 0.4) is 0 Å². The number of halogens is 2. The molecule has 0 aromatic heterocycles. The van der Waals surface area contributed by atoms with Gasteiger partial charge in [-0.15, -0.1) is 0 Å². The maximum atomic E-state index is 13.2. The molecule has 3 rings (SSSR count). The van der Waals surface area contributed by atoms with E-state index in [1.54, 1.807) is 11.9 Å². The number of anilines is 1. The lowest BCUT2D eigenvalue weighted by Gasteiger charge is -2.22. The van der Waals surface area contributed by atoms with Crippen LogP contribution in [0.2, 0.25) is 0 Å². The molecular formula is C15H17F2N3O3. The standard InChI is InChI=1S/C15H17F2N3O3/c1-19-12-7-20(6-11(12)13(23-2)14(19)21)15(22)18-10-4-8(16)3-9(17)5-10/h3-5,11-13H,6-7H2,1-2H3,(H,18,22)/t11-,12+,13-/m0/s1. The van der Waals surface area contributed by atoms with Gasteiger partial charge in [-0.05, 0) is 12.1 Å². The van der Waals surface area contributed by atoms with Crippen molar-refractivity contribution in [2.45, 2.75) is 12.1 Å². The van der Waals surface area contributed by atoms with E-state index < -0.39 is 23.8 Å². The van der Waals surface area contributed by atoms with Gasteiger partial charge in [-0.2, -0.15) is 0 Å². The second-order valence-corrected chi connectivity index (χ2v) is 5.83. The van der Waals surface area contributed by atoms with Crippen LogP contribution in [0.4, 0.5) is 19.3 Å². The number of nitrogens with zero attached hydrogens (tertiary/aromatic N) is 2. The van der Waals surface area contributed by atoms with Gasteiger partial charge < -0.3 is 19.9 Å². The first-order chi connectivity index (χ1) is 10.9. The molecule has 0 saturated carbocycles. The van der Waals surface area contributed by atoms with Crippen LogP contribution in [0.15, 0.2) is 18.2 Å². The average Bonchev–Trinajstić information content (AvgIpc) is 2.98. The Hall–Kier alpha value is -2.22. The summed E-state index contributed by atoms with van der Waals surface area (Å²) in [7, 11) is 3.15. The summed E-state index contributed by atoms with van der Waals surface area (Å²) in [4.78, 5) is 27.4. The molecule has 1 aromatic carbocycles. The molecule has 0 bridgehead atoms. The van der Waals surface area contributed by atoms with E-state index in [2.05, 4.69) is 5.32 Å². The minimum absolute atomic E-state index is 0.0530. The normalized spacial score (nSPS) is 26.6. The van der Waals surface area contributed by atoms with Gasteiger partial charge >= 0.3 is 6.03 Å². The first-order valence-electron chi connectivity index (χ1n) is 7.22. The number of likely N-dealkylation sites (N-methyl/N-ethyl adjacent to an activating group) is 1. The van der Waals surface area contributed by atoms with Gasteiger partial charge in [-0.1, -0.05) is 0 Å². The van der Waals surface area contributed by atoms with Crippen LogP contribution in [0.5, 0.6) is 0 Å². The fourth-order valence-corrected chi connectivity index (χ4v) is 3.34. The third-order valence-electron chi connectivity index (χ3n) is 4.47. The van der Waals surface area contributed by atoms with E-state index in [0.717, 1.165) is 18.2 Å². The molecule has 3 atom stereocenters. The summed E-state index contributed by atoms with van der Waals surface area (Å²) >= 11 is 0. The van der Waals surface area contributed by atoms with E-state index >= 15 is 0 Å². The lowest BCUT2D eigenvalue weighted by molar-refractivity contribution is -0.136. The monoisotopic (exact) mass is 325 g/mol. The fourth-order valence-electron chi connectivity index (χ4n) is 3.34. The first-order valence-corrected chi connectivity index (χ1v) is 7.22. The predicted molar refractivity (Wildman–Crippen MR) is 77.8 cm³/mol. The van der Waals surface area contributed by atoms with Crippen molar-refractivity contribution in [3.8, 4) is 0 Å². The van der Waals surface area contributed by atoms with Gasteiger partial charge in [-0.3, -0.25) is 4.79 Å². The number of likely N-dealkylation sites (tertiary alicyclic amines) is 2. The molecule has 2 saturated heterocycles. The highest BCUT2D eigenvalue weighted by atomic mass is 19.1. The molecule has 0 radical (unpaired) electrons. The fraction of sp³-hybridized carbons (Fsp3) is 0.467. The number of hydrogen-bond donors (Lipinski definition) is 1. The Kier molecular flexibility index (Phi) is 3.93. The number of benzene rings is 1.